The van der Waals surface area contributed by atoms with Crippen molar-refractivity contribution in [1.82, 2.24) is 0 Å². The molecule has 3 aromatic carbocycles. The van der Waals surface area contributed by atoms with Gasteiger partial charge in [0.05, 0.1) is 15.6 Å². The van der Waals surface area contributed by atoms with Gasteiger partial charge in [0.2, 0.25) is 0 Å². The Morgan fingerprint density at radius 3 is 2.34 bits per heavy atom. The minimum Gasteiger partial charge on any atom is -0.370 e. The van der Waals surface area contributed by atoms with Crippen LogP contribution in [0.4, 0.5) is 11.4 Å². The number of non-ortho nitro benzene ring substituents is 1. The van der Waals surface area contributed by atoms with E-state index >= 15 is 0 Å². The number of halogens is 1. The van der Waals surface area contributed by atoms with Crippen LogP contribution in [0.2, 0.25) is 5.02 Å². The number of benzene rings is 3. The maximum Gasteiger partial charge on any atom is 0.271 e. The molecule has 0 bridgehead atoms. The van der Waals surface area contributed by atoms with Gasteiger partial charge in [0.1, 0.15) is 0 Å². The van der Waals surface area contributed by atoms with E-state index in [1.165, 1.54) is 28.8 Å². The molecule has 1 heterocycles. The second-order valence-electron chi connectivity index (χ2n) is 7.55. The van der Waals surface area contributed by atoms with E-state index in [2.05, 4.69) is 53.4 Å². The predicted molar refractivity (Wildman–Crippen MR) is 119 cm³/mol. The summed E-state index contributed by atoms with van der Waals surface area (Å²) in [6.07, 6.45) is 3.22. The zero-order chi connectivity index (χ0) is 20.2. The van der Waals surface area contributed by atoms with Gasteiger partial charge in [-0.15, -0.1) is 0 Å². The Balaban J connectivity index is 1.43. The number of anilines is 1. The summed E-state index contributed by atoms with van der Waals surface area (Å²) in [5.41, 5.74) is 4.89. The molecule has 0 spiro atoms. The van der Waals surface area contributed by atoms with Gasteiger partial charge in [0.25, 0.3) is 5.69 Å². The maximum atomic E-state index is 10.9. The maximum absolute atomic E-state index is 10.9. The first-order valence-corrected chi connectivity index (χ1v) is 10.3. The van der Waals surface area contributed by atoms with Gasteiger partial charge in [0, 0.05) is 25.2 Å². The normalized spacial score (nSPS) is 14.7. The Kier molecular flexibility index (Phi) is 5.81. The molecule has 0 atom stereocenters. The summed E-state index contributed by atoms with van der Waals surface area (Å²) < 4.78 is 0. The van der Waals surface area contributed by atoms with Crippen molar-refractivity contribution < 1.29 is 4.92 Å². The lowest BCUT2D eigenvalue weighted by Gasteiger charge is -2.34. The van der Waals surface area contributed by atoms with Gasteiger partial charge in [-0.05, 0) is 47.9 Å². The minimum atomic E-state index is -0.411. The standard InChI is InChI=1S/C24H23ClN2O2/c25-23-17-21(27(28)29)10-11-24(23)26-14-12-18(13-15-26)16-20-8-4-5-9-22(20)19-6-2-1-3-7-19/h1-11,17-18H,12-16H2. The highest BCUT2D eigenvalue weighted by atomic mass is 35.5. The first-order valence-electron chi connectivity index (χ1n) is 9.94. The Morgan fingerprint density at radius 2 is 1.66 bits per heavy atom. The molecule has 3 aromatic rings. The van der Waals surface area contributed by atoms with E-state index in [4.69, 9.17) is 11.6 Å². The molecular formula is C24H23ClN2O2. The number of nitrogens with zero attached hydrogens (tertiary/aromatic N) is 2. The van der Waals surface area contributed by atoms with E-state index in [0.29, 0.717) is 10.9 Å². The third-order valence-corrected chi connectivity index (χ3v) is 6.01. The van der Waals surface area contributed by atoms with Gasteiger partial charge < -0.3 is 4.90 Å². The smallest absolute Gasteiger partial charge is 0.271 e. The van der Waals surface area contributed by atoms with Gasteiger partial charge in [-0.3, -0.25) is 10.1 Å². The molecule has 1 saturated heterocycles. The van der Waals surface area contributed by atoms with Crippen molar-refractivity contribution in [3.63, 3.8) is 0 Å². The number of hydrogen-bond donors (Lipinski definition) is 0. The van der Waals surface area contributed by atoms with E-state index in [9.17, 15) is 10.1 Å². The SMILES string of the molecule is O=[N+]([O-])c1ccc(N2CCC(Cc3ccccc3-c3ccccc3)CC2)c(Cl)c1. The van der Waals surface area contributed by atoms with Crippen LogP contribution < -0.4 is 4.90 Å². The molecule has 0 amide bonds. The van der Waals surface area contributed by atoms with Gasteiger partial charge in [0.15, 0.2) is 0 Å². The van der Waals surface area contributed by atoms with Crippen LogP contribution in [-0.2, 0) is 6.42 Å². The molecule has 1 aliphatic rings. The minimum absolute atomic E-state index is 0.0335. The summed E-state index contributed by atoms with van der Waals surface area (Å²) in [6.45, 7) is 1.82. The molecule has 148 valence electrons. The Morgan fingerprint density at radius 1 is 0.966 bits per heavy atom. The molecule has 0 aromatic heterocycles. The average molecular weight is 407 g/mol. The Hall–Kier alpha value is -2.85. The lowest BCUT2D eigenvalue weighted by atomic mass is 9.87. The highest BCUT2D eigenvalue weighted by molar-refractivity contribution is 6.33. The molecular weight excluding hydrogens is 384 g/mol. The van der Waals surface area contributed by atoms with Crippen LogP contribution in [0.5, 0.6) is 0 Å². The topological polar surface area (TPSA) is 46.4 Å². The van der Waals surface area contributed by atoms with Crippen LogP contribution in [-0.4, -0.2) is 18.0 Å². The fraction of sp³-hybridized carbons (Fsp3) is 0.250. The summed E-state index contributed by atoms with van der Waals surface area (Å²) in [4.78, 5) is 12.8. The zero-order valence-corrected chi connectivity index (χ0v) is 16.9. The number of hydrogen-bond acceptors (Lipinski definition) is 3. The van der Waals surface area contributed by atoms with Crippen LogP contribution in [0.1, 0.15) is 18.4 Å². The van der Waals surface area contributed by atoms with Crippen LogP contribution in [0, 0.1) is 16.0 Å². The van der Waals surface area contributed by atoms with Crippen molar-refractivity contribution in [2.75, 3.05) is 18.0 Å². The van der Waals surface area contributed by atoms with E-state index in [-0.39, 0.29) is 5.69 Å². The fourth-order valence-electron chi connectivity index (χ4n) is 4.15. The van der Waals surface area contributed by atoms with Crippen LogP contribution in [0.25, 0.3) is 11.1 Å². The van der Waals surface area contributed by atoms with Gasteiger partial charge in [-0.1, -0.05) is 66.2 Å². The summed E-state index contributed by atoms with van der Waals surface area (Å²) in [7, 11) is 0. The first kappa shape index (κ1) is 19.5. The van der Waals surface area contributed by atoms with E-state index in [1.807, 2.05) is 6.07 Å². The van der Waals surface area contributed by atoms with E-state index < -0.39 is 4.92 Å². The van der Waals surface area contributed by atoms with Gasteiger partial charge >= 0.3 is 0 Å². The van der Waals surface area contributed by atoms with Gasteiger partial charge in [-0.2, -0.15) is 0 Å². The summed E-state index contributed by atoms with van der Waals surface area (Å²) >= 11 is 6.32. The quantitative estimate of drug-likeness (QED) is 0.365. The number of nitro benzene ring substituents is 1. The average Bonchev–Trinajstić information content (AvgIpc) is 2.75. The molecule has 0 aliphatic carbocycles. The molecule has 0 saturated carbocycles. The van der Waals surface area contributed by atoms with E-state index in [0.717, 1.165) is 38.0 Å². The van der Waals surface area contributed by atoms with Crippen LogP contribution >= 0.6 is 11.6 Å². The molecule has 1 fully saturated rings. The fourth-order valence-corrected chi connectivity index (χ4v) is 4.45. The number of nitro groups is 1. The molecule has 4 nitrogen and oxygen atoms in total. The third kappa shape index (κ3) is 4.43. The van der Waals surface area contributed by atoms with Crippen molar-refractivity contribution in [3.8, 4) is 11.1 Å². The monoisotopic (exact) mass is 406 g/mol. The predicted octanol–water partition coefficient (Wildman–Crippen LogP) is 6.37. The lowest BCUT2D eigenvalue weighted by Crippen LogP contribution is -2.34. The van der Waals surface area contributed by atoms with Crippen LogP contribution in [0.15, 0.2) is 72.8 Å². The second-order valence-corrected chi connectivity index (χ2v) is 7.96. The molecule has 5 heteroatoms. The third-order valence-electron chi connectivity index (χ3n) is 5.71. The molecule has 0 unspecified atom stereocenters. The first-order chi connectivity index (χ1) is 14.1. The second kappa shape index (κ2) is 8.66. The van der Waals surface area contributed by atoms with Gasteiger partial charge in [-0.25, -0.2) is 0 Å². The van der Waals surface area contributed by atoms with Crippen molar-refractivity contribution in [2.45, 2.75) is 19.3 Å². The van der Waals surface area contributed by atoms with Crippen molar-refractivity contribution >= 4 is 23.0 Å². The largest absolute Gasteiger partial charge is 0.370 e. The van der Waals surface area contributed by atoms with Crippen molar-refractivity contribution in [2.24, 2.45) is 5.92 Å². The summed E-state index contributed by atoms with van der Waals surface area (Å²) in [5.74, 6) is 0.618. The lowest BCUT2D eigenvalue weighted by molar-refractivity contribution is -0.384. The summed E-state index contributed by atoms with van der Waals surface area (Å²) in [5, 5.41) is 11.4. The Labute approximate surface area is 175 Å². The number of rotatable bonds is 5. The van der Waals surface area contributed by atoms with Crippen molar-refractivity contribution in [3.05, 3.63) is 93.5 Å². The molecule has 1 aliphatic heterocycles. The summed E-state index contributed by atoms with van der Waals surface area (Å²) in [6, 6.07) is 23.9. The highest BCUT2D eigenvalue weighted by Gasteiger charge is 2.23. The molecule has 29 heavy (non-hydrogen) atoms. The Bertz CT molecular complexity index is 999. The van der Waals surface area contributed by atoms with E-state index in [1.54, 1.807) is 6.07 Å². The van der Waals surface area contributed by atoms with Crippen molar-refractivity contribution in [1.29, 1.82) is 0 Å². The van der Waals surface area contributed by atoms with Crippen LogP contribution in [0.3, 0.4) is 0 Å². The highest BCUT2D eigenvalue weighted by Crippen LogP contribution is 2.34. The zero-order valence-electron chi connectivity index (χ0n) is 16.1. The molecule has 0 N–H and O–H groups in total. The molecule has 4 rings (SSSR count). The number of piperidine rings is 1. The molecule has 0 radical (unpaired) electrons.